The molecule has 1 aromatic rings. The number of ether oxygens (including phenoxy) is 1. The maximum Gasteiger partial charge on any atom is 0.157 e. The van der Waals surface area contributed by atoms with E-state index >= 15 is 0 Å². The van der Waals surface area contributed by atoms with Crippen molar-refractivity contribution in [1.82, 2.24) is 0 Å². The third kappa shape index (κ3) is 1.54. The molecule has 2 rings (SSSR count). The molecule has 0 saturated carbocycles. The van der Waals surface area contributed by atoms with E-state index in [1.807, 2.05) is 0 Å². The van der Waals surface area contributed by atoms with E-state index in [9.17, 15) is 8.60 Å². The van der Waals surface area contributed by atoms with Crippen LogP contribution < -0.4 is 5.14 Å². The zero-order chi connectivity index (χ0) is 9.42. The summed E-state index contributed by atoms with van der Waals surface area (Å²) in [6.07, 6.45) is 0.689. The molecule has 0 fully saturated rings. The molecule has 13 heavy (non-hydrogen) atoms. The second-order valence-electron chi connectivity index (χ2n) is 2.71. The number of fused-ring (bicyclic) bond motifs is 1. The Morgan fingerprint density at radius 3 is 3.00 bits per heavy atom. The van der Waals surface area contributed by atoms with Crippen LogP contribution in [0.1, 0.15) is 10.4 Å². The second-order valence-corrected chi connectivity index (χ2v) is 5.07. The van der Waals surface area contributed by atoms with E-state index in [-0.39, 0.29) is 10.8 Å². The quantitative estimate of drug-likeness (QED) is 0.767. The highest BCUT2D eigenvalue weighted by atomic mass is 32.2. The van der Waals surface area contributed by atoms with Crippen LogP contribution in [-0.4, -0.2) is 10.8 Å². The molecule has 1 aliphatic rings. The number of rotatable bonds is 1. The van der Waals surface area contributed by atoms with Crippen molar-refractivity contribution >= 4 is 22.3 Å². The van der Waals surface area contributed by atoms with Gasteiger partial charge in [-0.25, -0.2) is 13.7 Å². The molecule has 0 aliphatic carbocycles. The van der Waals surface area contributed by atoms with Gasteiger partial charge in [0.25, 0.3) is 0 Å². The smallest absolute Gasteiger partial charge is 0.157 e. The van der Waals surface area contributed by atoms with E-state index in [1.165, 1.54) is 11.3 Å². The number of halogens is 1. The number of thiophene rings is 1. The predicted molar refractivity (Wildman–Crippen MR) is 48.2 cm³/mol. The summed E-state index contributed by atoms with van der Waals surface area (Å²) < 4.78 is 29.6. The average molecular weight is 221 g/mol. The van der Waals surface area contributed by atoms with Crippen molar-refractivity contribution in [3.8, 4) is 0 Å². The van der Waals surface area contributed by atoms with Gasteiger partial charge in [-0.3, -0.25) is 0 Å². The summed E-state index contributed by atoms with van der Waals surface area (Å²) in [4.78, 5) is 0.914. The van der Waals surface area contributed by atoms with Crippen LogP contribution in [0.3, 0.4) is 0 Å². The van der Waals surface area contributed by atoms with Crippen molar-refractivity contribution in [1.29, 1.82) is 0 Å². The van der Waals surface area contributed by atoms with Gasteiger partial charge in [-0.2, -0.15) is 0 Å². The molecule has 0 spiro atoms. The second kappa shape index (κ2) is 3.45. The number of hydrogen-bond donors (Lipinski definition) is 1. The first-order valence-corrected chi connectivity index (χ1v) is 5.77. The van der Waals surface area contributed by atoms with Gasteiger partial charge in [0.1, 0.15) is 15.2 Å². The van der Waals surface area contributed by atoms with Crippen molar-refractivity contribution in [2.45, 2.75) is 17.2 Å². The summed E-state index contributed by atoms with van der Waals surface area (Å²) >= 11 is 1.19. The molecule has 0 amide bonds. The Hall–Kier alpha value is -0.300. The summed E-state index contributed by atoms with van der Waals surface area (Å²) in [7, 11) is -1.72. The minimum absolute atomic E-state index is 0.135. The molecule has 1 atom stereocenters. The molecular formula is C7H8FNO2S2. The van der Waals surface area contributed by atoms with Gasteiger partial charge in [-0.05, 0) is 0 Å². The molecule has 0 bridgehead atoms. The Morgan fingerprint density at radius 2 is 2.38 bits per heavy atom. The lowest BCUT2D eigenvalue weighted by atomic mass is 10.2. The van der Waals surface area contributed by atoms with Gasteiger partial charge in [-0.1, -0.05) is 0 Å². The molecule has 2 N–H and O–H groups in total. The summed E-state index contributed by atoms with van der Waals surface area (Å²) in [5.41, 5.74) is 0.532. The molecule has 0 aromatic carbocycles. The Labute approximate surface area is 81.3 Å². The Morgan fingerprint density at radius 1 is 1.62 bits per heavy atom. The first-order chi connectivity index (χ1) is 6.20. The van der Waals surface area contributed by atoms with Gasteiger partial charge in [0.2, 0.25) is 0 Å². The molecule has 72 valence electrons. The van der Waals surface area contributed by atoms with Gasteiger partial charge in [0.05, 0.1) is 13.2 Å². The maximum atomic E-state index is 13.4. The lowest BCUT2D eigenvalue weighted by Crippen LogP contribution is -2.08. The predicted octanol–water partition coefficient (Wildman–Crippen LogP) is 0.941. The summed E-state index contributed by atoms with van der Waals surface area (Å²) in [6, 6.07) is 0. The van der Waals surface area contributed by atoms with E-state index in [4.69, 9.17) is 9.88 Å². The minimum Gasteiger partial charge on any atom is -0.376 e. The maximum absolute atomic E-state index is 13.4. The van der Waals surface area contributed by atoms with E-state index < -0.39 is 16.8 Å². The molecule has 2 heterocycles. The Kier molecular flexibility index (Phi) is 2.46. The zero-order valence-electron chi connectivity index (χ0n) is 6.71. The van der Waals surface area contributed by atoms with Gasteiger partial charge in [0.15, 0.2) is 5.82 Å². The van der Waals surface area contributed by atoms with Crippen LogP contribution in [0.25, 0.3) is 0 Å². The van der Waals surface area contributed by atoms with E-state index in [0.29, 0.717) is 18.6 Å². The highest BCUT2D eigenvalue weighted by molar-refractivity contribution is 7.85. The summed E-state index contributed by atoms with van der Waals surface area (Å²) in [5.74, 6) is -0.444. The minimum atomic E-state index is -1.72. The Bertz CT molecular complexity index is 364. The SMILES string of the molecule is NS(=O)c1sc2c(c1F)COCC2. The van der Waals surface area contributed by atoms with Crippen molar-refractivity contribution < 1.29 is 13.3 Å². The lowest BCUT2D eigenvalue weighted by Gasteiger charge is -2.10. The molecule has 0 saturated heterocycles. The first kappa shape index (κ1) is 9.26. The first-order valence-electron chi connectivity index (χ1n) is 3.74. The monoisotopic (exact) mass is 221 g/mol. The van der Waals surface area contributed by atoms with E-state index in [1.54, 1.807) is 0 Å². The Balaban J connectivity index is 2.50. The van der Waals surface area contributed by atoms with Crippen LogP contribution in [0.5, 0.6) is 0 Å². The van der Waals surface area contributed by atoms with Crippen LogP contribution in [0.2, 0.25) is 0 Å². The molecular weight excluding hydrogens is 213 g/mol. The third-order valence-electron chi connectivity index (χ3n) is 1.90. The van der Waals surface area contributed by atoms with Crippen molar-refractivity contribution in [2.75, 3.05) is 6.61 Å². The van der Waals surface area contributed by atoms with Crippen LogP contribution in [0.4, 0.5) is 4.39 Å². The van der Waals surface area contributed by atoms with Gasteiger partial charge < -0.3 is 4.74 Å². The fraction of sp³-hybridized carbons (Fsp3) is 0.429. The van der Waals surface area contributed by atoms with Crippen molar-refractivity contribution in [2.24, 2.45) is 5.14 Å². The highest BCUT2D eigenvalue weighted by Crippen LogP contribution is 2.32. The van der Waals surface area contributed by atoms with Gasteiger partial charge in [-0.15, -0.1) is 11.3 Å². The molecule has 6 heteroatoms. The van der Waals surface area contributed by atoms with Crippen LogP contribution in [0, 0.1) is 5.82 Å². The summed E-state index contributed by atoms with van der Waals surface area (Å²) in [5, 5.41) is 5.13. The molecule has 0 radical (unpaired) electrons. The topological polar surface area (TPSA) is 52.3 Å². The lowest BCUT2D eigenvalue weighted by molar-refractivity contribution is 0.109. The largest absolute Gasteiger partial charge is 0.376 e. The number of hydrogen-bond acceptors (Lipinski definition) is 3. The third-order valence-corrected chi connectivity index (χ3v) is 4.25. The van der Waals surface area contributed by atoms with Crippen LogP contribution in [0.15, 0.2) is 4.21 Å². The normalized spacial score (nSPS) is 18.3. The van der Waals surface area contributed by atoms with Crippen molar-refractivity contribution in [3.05, 3.63) is 16.3 Å². The molecule has 1 aliphatic heterocycles. The standard InChI is InChI=1S/C7H8FNO2S2/c8-6-4-3-11-2-1-5(4)12-7(6)13(9)10/h1-3,9H2. The van der Waals surface area contributed by atoms with E-state index in [0.717, 1.165) is 4.88 Å². The molecule has 3 nitrogen and oxygen atoms in total. The summed E-state index contributed by atoms with van der Waals surface area (Å²) in [6.45, 7) is 0.873. The van der Waals surface area contributed by atoms with Crippen molar-refractivity contribution in [3.63, 3.8) is 0 Å². The van der Waals surface area contributed by atoms with Crippen LogP contribution >= 0.6 is 11.3 Å². The molecule has 1 unspecified atom stereocenters. The average Bonchev–Trinajstić information content (AvgIpc) is 2.45. The number of nitrogens with two attached hydrogens (primary N) is 1. The fourth-order valence-corrected chi connectivity index (χ4v) is 3.10. The van der Waals surface area contributed by atoms with Crippen LogP contribution in [-0.2, 0) is 28.8 Å². The highest BCUT2D eigenvalue weighted by Gasteiger charge is 2.23. The zero-order valence-corrected chi connectivity index (χ0v) is 8.34. The van der Waals surface area contributed by atoms with Gasteiger partial charge >= 0.3 is 0 Å². The van der Waals surface area contributed by atoms with Gasteiger partial charge in [0, 0.05) is 16.9 Å². The fourth-order valence-electron chi connectivity index (χ4n) is 1.28. The van der Waals surface area contributed by atoms with E-state index in [2.05, 4.69) is 0 Å². The molecule has 1 aromatic heterocycles.